The summed E-state index contributed by atoms with van der Waals surface area (Å²) in [5.41, 5.74) is 46.9. The second-order valence-corrected chi connectivity index (χ2v) is 37.0. The third kappa shape index (κ3) is 75.2. The lowest BCUT2D eigenvalue weighted by molar-refractivity contribution is -0.133. The van der Waals surface area contributed by atoms with Crippen molar-refractivity contribution in [2.45, 2.75) is 377 Å². The van der Waals surface area contributed by atoms with E-state index in [-0.39, 0.29) is 82.5 Å². The SMILES string of the molecule is CCCCCCCC/C=C\CCCCCCCCOc1ccc(C(=O)NCCNC(=O)[C@@H](CCCNC(=O)[C@@H](CCCNC(=O)[C@@H](CCCNCCCN)NCCCN)NC(=O)[C@@H](CCCNCCCN)NCCCN)NC(=O)[C@@H](CCCNC(=O)[C@@H](CCCNCCCN)NCCCN)NC(=O)[C@@H](CCCNCCCN)NCCCN)cc1OCCCCCCCC/C=C\CCCCCCCC. The van der Waals surface area contributed by atoms with Gasteiger partial charge in [-0.2, -0.15) is 0 Å². The largest absolute Gasteiger partial charge is 0.490 e. The predicted octanol–water partition coefficient (Wildman–Crippen LogP) is 7.61. The molecule has 0 saturated heterocycles. The van der Waals surface area contributed by atoms with Crippen LogP contribution in [0.5, 0.6) is 11.5 Å². The molecular weight excluding hydrogens is 1750 g/mol. The number of nitrogens with two attached hydrogens (primary N) is 8. The summed E-state index contributed by atoms with van der Waals surface area (Å²) in [6.45, 7) is 17.4. The van der Waals surface area contributed by atoms with E-state index >= 15 is 4.79 Å². The van der Waals surface area contributed by atoms with Crippen molar-refractivity contribution in [1.82, 2.24) is 85.1 Å². The van der Waals surface area contributed by atoms with Gasteiger partial charge in [0.05, 0.1) is 37.4 Å². The highest BCUT2D eigenvalue weighted by Gasteiger charge is 2.31. The Morgan fingerprint density at radius 2 is 0.486 bits per heavy atom. The highest BCUT2D eigenvalue weighted by molar-refractivity contribution is 5.95. The number of unbranched alkanes of at least 4 members (excludes halogenated alkanes) is 24. The van der Waals surface area contributed by atoms with E-state index < -0.39 is 71.8 Å². The molecule has 0 fully saturated rings. The average molecular weight is 1950 g/mol. The van der Waals surface area contributed by atoms with E-state index in [0.29, 0.717) is 206 Å². The fourth-order valence-electron chi connectivity index (χ4n) is 16.0. The first-order valence-electron chi connectivity index (χ1n) is 55.0. The van der Waals surface area contributed by atoms with E-state index in [0.717, 1.165) is 122 Å². The molecule has 1 aromatic rings. The van der Waals surface area contributed by atoms with Gasteiger partial charge in [0.1, 0.15) is 18.1 Å². The minimum absolute atomic E-state index is 0.00342. The Bertz CT molecular complexity index is 3120. The van der Waals surface area contributed by atoms with Crippen molar-refractivity contribution in [1.29, 1.82) is 0 Å². The van der Waals surface area contributed by atoms with E-state index in [2.05, 4.69) is 123 Å². The number of hydrogen-bond acceptors (Lipinski definition) is 26. The van der Waals surface area contributed by atoms with Crippen LogP contribution in [0.1, 0.15) is 345 Å². The van der Waals surface area contributed by atoms with Crippen molar-refractivity contribution in [3.8, 4) is 11.5 Å². The Morgan fingerprint density at radius 1 is 0.246 bits per heavy atom. The van der Waals surface area contributed by atoms with Gasteiger partial charge in [-0.3, -0.25) is 38.4 Å². The first-order chi connectivity index (χ1) is 67.6. The van der Waals surface area contributed by atoms with E-state index in [1.165, 1.54) is 122 Å². The van der Waals surface area contributed by atoms with Gasteiger partial charge in [-0.05, 0) is 355 Å². The fraction of sp³-hybridized carbons (Fsp3) is 0.827. The molecule has 0 bridgehead atoms. The first-order valence-corrected chi connectivity index (χ1v) is 55.0. The standard InChI is InChI=1S/C104H206N24O10/c1-3-5-7-9-11-13-15-17-19-21-23-25-27-29-31-33-84-137-95-58-57-87(86-96(95)138-85-34-32-30-28-26-24-22-20-18-16-14-12-10-8-6-4-2)97(129)124-82-83-125-101(133)93(127-104(136)94(128-103(135)91(120-81-49-66-112)53-38-70-116-74-45-62-108)56-41-76-122-99(131)89(118-79-47-64-110)51-36-68-114-72-43-60-106)55-40-77-123-100(132)92(126-102(134)90(119-80-48-65-111)52-37-69-115-73-44-61-107)54-39-75-121-98(130)88(117-78-46-63-109)50-35-67-113-71-42-59-105/h17-20,57-58,86,88-94,113-120H,3-16,21-56,59-85,105-112H2,1-2H3,(H,121,130)(H,122,131)(H,123,132)(H,124,129)(H,125,133)(H,126,134)(H,127,136)(H,128,135)/b19-17-,20-18-/t88-,89-,90-,91-,92-,93-,94-/m1/s1. The van der Waals surface area contributed by atoms with Crippen molar-refractivity contribution < 1.29 is 47.8 Å². The number of ether oxygens (including phenoxy) is 2. The Labute approximate surface area is 835 Å². The minimum Gasteiger partial charge on any atom is -0.490 e. The maximum absolute atomic E-state index is 15.3. The van der Waals surface area contributed by atoms with Gasteiger partial charge >= 0.3 is 0 Å². The van der Waals surface area contributed by atoms with Crippen LogP contribution < -0.4 is 140 Å². The summed E-state index contributed by atoms with van der Waals surface area (Å²) in [6.07, 6.45) is 54.5. The average Bonchev–Trinajstić information content (AvgIpc) is 0.754. The molecular formula is C104H206N24O10. The van der Waals surface area contributed by atoms with Crippen LogP contribution in [-0.2, 0) is 33.6 Å². The zero-order valence-corrected chi connectivity index (χ0v) is 86.7. The molecule has 0 aliphatic heterocycles. The summed E-state index contributed by atoms with van der Waals surface area (Å²) in [5, 5.41) is 51.1. The quantitative estimate of drug-likeness (QED) is 0.0220. The number of carbonyl (C=O) groups is 8. The first kappa shape index (κ1) is 129. The number of hydrogen-bond donors (Lipinski definition) is 24. The van der Waals surface area contributed by atoms with Gasteiger partial charge in [0, 0.05) is 38.3 Å². The van der Waals surface area contributed by atoms with Crippen LogP contribution in [0.4, 0.5) is 0 Å². The highest BCUT2D eigenvalue weighted by Crippen LogP contribution is 2.30. The summed E-state index contributed by atoms with van der Waals surface area (Å²) in [7, 11) is 0. The molecule has 0 unspecified atom stereocenters. The number of benzene rings is 1. The smallest absolute Gasteiger partial charge is 0.251 e. The van der Waals surface area contributed by atoms with Crippen molar-refractivity contribution in [3.05, 3.63) is 48.1 Å². The van der Waals surface area contributed by atoms with Crippen LogP contribution in [0, 0.1) is 0 Å². The number of rotatable bonds is 104. The van der Waals surface area contributed by atoms with Crippen LogP contribution in [-0.4, -0.2) is 266 Å². The molecule has 138 heavy (non-hydrogen) atoms. The lowest BCUT2D eigenvalue weighted by Crippen LogP contribution is -2.57. The Kier molecular flexibility index (Phi) is 91.8. The van der Waals surface area contributed by atoms with E-state index in [1.807, 2.05) is 0 Å². The summed E-state index contributed by atoms with van der Waals surface area (Å²) in [5.74, 6) is -2.30. The Morgan fingerprint density at radius 3 is 0.812 bits per heavy atom. The van der Waals surface area contributed by atoms with Crippen LogP contribution in [0.2, 0.25) is 0 Å². The van der Waals surface area contributed by atoms with Gasteiger partial charge in [-0.25, -0.2) is 0 Å². The molecule has 1 aromatic carbocycles. The van der Waals surface area contributed by atoms with Gasteiger partial charge in [0.2, 0.25) is 41.4 Å². The van der Waals surface area contributed by atoms with Crippen LogP contribution in [0.3, 0.4) is 0 Å². The molecule has 8 amide bonds. The normalized spacial score (nSPS) is 13.1. The number of nitrogens with one attached hydrogen (secondary N) is 16. The van der Waals surface area contributed by atoms with E-state index in [4.69, 9.17) is 55.3 Å². The van der Waals surface area contributed by atoms with Crippen molar-refractivity contribution >= 4 is 47.3 Å². The van der Waals surface area contributed by atoms with Gasteiger partial charge < -0.3 is 140 Å². The van der Waals surface area contributed by atoms with Gasteiger partial charge in [0.25, 0.3) is 5.91 Å². The minimum atomic E-state index is -1.26. The zero-order chi connectivity index (χ0) is 101. The molecule has 32 N–H and O–H groups in total. The van der Waals surface area contributed by atoms with E-state index in [9.17, 15) is 33.6 Å². The highest BCUT2D eigenvalue weighted by atomic mass is 16.5. The number of allylic oxidation sites excluding steroid dienone is 4. The topological polar surface area (TPSA) is 556 Å². The summed E-state index contributed by atoms with van der Waals surface area (Å²) >= 11 is 0. The molecule has 34 heteroatoms. The molecule has 0 spiro atoms. The zero-order valence-electron chi connectivity index (χ0n) is 86.7. The van der Waals surface area contributed by atoms with Gasteiger partial charge in [0.15, 0.2) is 11.5 Å². The van der Waals surface area contributed by atoms with Crippen LogP contribution >= 0.6 is 0 Å². The predicted molar refractivity (Wildman–Crippen MR) is 569 cm³/mol. The Balaban J connectivity index is 3.85. The molecule has 802 valence electrons. The summed E-state index contributed by atoms with van der Waals surface area (Å²) in [6, 6.07) is -0.672. The third-order valence-corrected chi connectivity index (χ3v) is 24.5. The number of amides is 8. The maximum atomic E-state index is 15.3. The molecule has 0 aliphatic rings. The van der Waals surface area contributed by atoms with Gasteiger partial charge in [-0.15, -0.1) is 0 Å². The summed E-state index contributed by atoms with van der Waals surface area (Å²) in [4.78, 5) is 116. The second kappa shape index (κ2) is 97.8. The molecule has 0 radical (unpaired) electrons. The van der Waals surface area contributed by atoms with Gasteiger partial charge in [-0.1, -0.05) is 154 Å². The molecule has 0 saturated carbocycles. The second-order valence-electron chi connectivity index (χ2n) is 37.0. The lowest BCUT2D eigenvalue weighted by Gasteiger charge is -2.26. The molecule has 0 aliphatic carbocycles. The monoisotopic (exact) mass is 1950 g/mol. The molecule has 1 rings (SSSR count). The number of carbonyl (C=O) groups excluding carboxylic acids is 8. The Hall–Kier alpha value is -6.58. The van der Waals surface area contributed by atoms with Crippen molar-refractivity contribution in [3.63, 3.8) is 0 Å². The van der Waals surface area contributed by atoms with Crippen LogP contribution in [0.15, 0.2) is 42.5 Å². The molecule has 34 nitrogen and oxygen atoms in total. The van der Waals surface area contributed by atoms with E-state index in [1.54, 1.807) is 18.2 Å². The van der Waals surface area contributed by atoms with Crippen LogP contribution in [0.25, 0.3) is 0 Å². The van der Waals surface area contributed by atoms with Crippen molar-refractivity contribution in [2.24, 2.45) is 45.9 Å². The molecule has 7 atom stereocenters. The molecule has 0 aromatic heterocycles. The fourth-order valence-corrected chi connectivity index (χ4v) is 16.0. The molecule has 0 heterocycles. The van der Waals surface area contributed by atoms with Crippen molar-refractivity contribution in [2.75, 3.05) is 177 Å². The lowest BCUT2D eigenvalue weighted by atomic mass is 10.0. The maximum Gasteiger partial charge on any atom is 0.251 e. The summed E-state index contributed by atoms with van der Waals surface area (Å²) < 4.78 is 12.9. The third-order valence-electron chi connectivity index (χ3n) is 24.5.